The maximum atomic E-state index is 13.9. The quantitative estimate of drug-likeness (QED) is 0.847. The minimum absolute atomic E-state index is 0.476. The molecule has 7 heteroatoms. The molecule has 0 aliphatic carbocycles. The van der Waals surface area contributed by atoms with Crippen LogP contribution in [0.25, 0.3) is 0 Å². The maximum absolute atomic E-state index is 13.9. The van der Waals surface area contributed by atoms with Crippen LogP contribution in [0.4, 0.5) is 17.6 Å². The molecule has 3 nitrogen and oxygen atoms in total. The third-order valence-corrected chi connectivity index (χ3v) is 3.24. The summed E-state index contributed by atoms with van der Waals surface area (Å²) in [6.45, 7) is -0.476. The largest absolute Gasteiger partial charge is 0.419 e. The molecule has 0 aromatic heterocycles. The molecule has 0 aliphatic rings. The second-order valence-electron chi connectivity index (χ2n) is 4.78. The van der Waals surface area contributed by atoms with Crippen molar-refractivity contribution in [3.63, 3.8) is 0 Å². The molecule has 1 unspecified atom stereocenters. The predicted molar refractivity (Wildman–Crippen MR) is 75.1 cm³/mol. The molecule has 0 bridgehead atoms. The second-order valence-corrected chi connectivity index (χ2v) is 4.78. The Morgan fingerprint density at radius 1 is 1.09 bits per heavy atom. The molecule has 0 heterocycles. The molecule has 2 rings (SSSR count). The van der Waals surface area contributed by atoms with Crippen LogP contribution >= 0.6 is 0 Å². The van der Waals surface area contributed by atoms with Gasteiger partial charge < -0.3 is 10.4 Å². The lowest BCUT2D eigenvalue weighted by atomic mass is 10.1. The van der Waals surface area contributed by atoms with Crippen LogP contribution in [0.1, 0.15) is 27.5 Å². The molecule has 0 fully saturated rings. The van der Waals surface area contributed by atoms with E-state index in [2.05, 4.69) is 5.32 Å². The highest BCUT2D eigenvalue weighted by Crippen LogP contribution is 2.32. The number of rotatable bonds is 4. The van der Waals surface area contributed by atoms with Crippen molar-refractivity contribution in [1.82, 2.24) is 5.32 Å². The second kappa shape index (κ2) is 6.78. The van der Waals surface area contributed by atoms with E-state index in [1.807, 2.05) is 0 Å². The zero-order chi connectivity index (χ0) is 17.0. The number of carbonyl (C=O) groups excluding carboxylic acids is 1. The first kappa shape index (κ1) is 17.0. The van der Waals surface area contributed by atoms with Crippen molar-refractivity contribution in [2.75, 3.05) is 6.61 Å². The summed E-state index contributed by atoms with van der Waals surface area (Å²) in [4.78, 5) is 12.1. The van der Waals surface area contributed by atoms with Crippen LogP contribution in [0.15, 0.2) is 48.5 Å². The molecule has 2 N–H and O–H groups in total. The molecule has 2 aromatic rings. The molecule has 1 amide bonds. The first-order valence-electron chi connectivity index (χ1n) is 6.67. The average molecular weight is 327 g/mol. The van der Waals surface area contributed by atoms with Crippen molar-refractivity contribution in [3.05, 3.63) is 71.0 Å². The van der Waals surface area contributed by atoms with Crippen LogP contribution in [0.3, 0.4) is 0 Å². The van der Waals surface area contributed by atoms with Crippen molar-refractivity contribution >= 4 is 5.91 Å². The monoisotopic (exact) mass is 327 g/mol. The summed E-state index contributed by atoms with van der Waals surface area (Å²) >= 11 is 0. The van der Waals surface area contributed by atoms with Gasteiger partial charge in [0, 0.05) is 0 Å². The summed E-state index contributed by atoms with van der Waals surface area (Å²) in [5.74, 6) is -2.67. The fourth-order valence-corrected chi connectivity index (χ4v) is 2.08. The molecular weight excluding hydrogens is 314 g/mol. The SMILES string of the molecule is O=C(NC(CO)c1ccccc1)c1cccc(C(F)(F)F)c1F. The van der Waals surface area contributed by atoms with Gasteiger partial charge in [-0.2, -0.15) is 13.2 Å². The summed E-state index contributed by atoms with van der Waals surface area (Å²) in [6, 6.07) is 9.96. The van der Waals surface area contributed by atoms with Gasteiger partial charge in [-0.3, -0.25) is 4.79 Å². The summed E-state index contributed by atoms with van der Waals surface area (Å²) in [5.41, 5.74) is -1.68. The number of carbonyl (C=O) groups is 1. The molecular formula is C16H13F4NO2. The molecule has 0 aliphatic heterocycles. The van der Waals surface area contributed by atoms with Gasteiger partial charge in [0.25, 0.3) is 5.91 Å². The predicted octanol–water partition coefficient (Wildman–Crippen LogP) is 3.31. The average Bonchev–Trinajstić information content (AvgIpc) is 2.52. The van der Waals surface area contributed by atoms with Crippen molar-refractivity contribution in [1.29, 1.82) is 0 Å². The smallest absolute Gasteiger partial charge is 0.394 e. The van der Waals surface area contributed by atoms with E-state index in [-0.39, 0.29) is 0 Å². The maximum Gasteiger partial charge on any atom is 0.419 e. The van der Waals surface area contributed by atoms with E-state index in [0.29, 0.717) is 11.6 Å². The number of amides is 1. The van der Waals surface area contributed by atoms with Gasteiger partial charge in [-0.15, -0.1) is 0 Å². The lowest BCUT2D eigenvalue weighted by Crippen LogP contribution is -2.31. The number of benzene rings is 2. The summed E-state index contributed by atoms with van der Waals surface area (Å²) in [6.07, 6.45) is -4.89. The highest BCUT2D eigenvalue weighted by molar-refractivity contribution is 5.95. The lowest BCUT2D eigenvalue weighted by molar-refractivity contribution is -0.140. The molecule has 0 spiro atoms. The third-order valence-electron chi connectivity index (χ3n) is 3.24. The number of aliphatic hydroxyl groups is 1. The van der Waals surface area contributed by atoms with Crippen molar-refractivity contribution in [2.24, 2.45) is 0 Å². The number of aliphatic hydroxyl groups excluding tert-OH is 1. The zero-order valence-corrected chi connectivity index (χ0v) is 11.8. The van der Waals surface area contributed by atoms with E-state index in [0.717, 1.165) is 12.1 Å². The number of alkyl halides is 3. The van der Waals surface area contributed by atoms with E-state index in [9.17, 15) is 27.5 Å². The first-order chi connectivity index (χ1) is 10.8. The molecule has 0 saturated heterocycles. The minimum atomic E-state index is -4.89. The van der Waals surface area contributed by atoms with Crippen LogP contribution in [0.5, 0.6) is 0 Å². The minimum Gasteiger partial charge on any atom is -0.394 e. The Labute approximate surface area is 129 Å². The molecule has 2 aromatic carbocycles. The normalized spacial score (nSPS) is 12.7. The van der Waals surface area contributed by atoms with Crippen molar-refractivity contribution in [3.8, 4) is 0 Å². The van der Waals surface area contributed by atoms with E-state index in [4.69, 9.17) is 0 Å². The van der Waals surface area contributed by atoms with Gasteiger partial charge in [-0.25, -0.2) is 4.39 Å². The Balaban J connectivity index is 2.27. The number of hydrogen-bond donors (Lipinski definition) is 2. The lowest BCUT2D eigenvalue weighted by Gasteiger charge is -2.17. The first-order valence-corrected chi connectivity index (χ1v) is 6.67. The van der Waals surface area contributed by atoms with Crippen LogP contribution in [-0.2, 0) is 6.18 Å². The van der Waals surface area contributed by atoms with Gasteiger partial charge in [0.2, 0.25) is 0 Å². The highest BCUT2D eigenvalue weighted by Gasteiger charge is 2.35. The van der Waals surface area contributed by atoms with Crippen LogP contribution in [0.2, 0.25) is 0 Å². The Morgan fingerprint density at radius 2 is 1.74 bits per heavy atom. The molecule has 122 valence electrons. The van der Waals surface area contributed by atoms with Crippen molar-refractivity contribution < 1.29 is 27.5 Å². The van der Waals surface area contributed by atoms with Crippen LogP contribution < -0.4 is 5.32 Å². The number of nitrogens with one attached hydrogen (secondary N) is 1. The zero-order valence-electron chi connectivity index (χ0n) is 11.8. The van der Waals surface area contributed by atoms with E-state index in [1.165, 1.54) is 0 Å². The van der Waals surface area contributed by atoms with Gasteiger partial charge in [-0.05, 0) is 17.7 Å². The number of hydrogen-bond acceptors (Lipinski definition) is 2. The van der Waals surface area contributed by atoms with Gasteiger partial charge >= 0.3 is 6.18 Å². The van der Waals surface area contributed by atoms with E-state index < -0.39 is 41.7 Å². The highest BCUT2D eigenvalue weighted by atomic mass is 19.4. The summed E-state index contributed by atoms with van der Waals surface area (Å²) in [5, 5.41) is 11.7. The molecule has 23 heavy (non-hydrogen) atoms. The van der Waals surface area contributed by atoms with Gasteiger partial charge in [0.1, 0.15) is 5.82 Å². The van der Waals surface area contributed by atoms with Gasteiger partial charge in [0.05, 0.1) is 23.8 Å². The van der Waals surface area contributed by atoms with E-state index >= 15 is 0 Å². The summed E-state index contributed by atoms with van der Waals surface area (Å²) in [7, 11) is 0. The van der Waals surface area contributed by atoms with Crippen LogP contribution in [-0.4, -0.2) is 17.6 Å². The Hall–Kier alpha value is -2.41. The fourth-order valence-electron chi connectivity index (χ4n) is 2.08. The van der Waals surface area contributed by atoms with Crippen molar-refractivity contribution in [2.45, 2.75) is 12.2 Å². The summed E-state index contributed by atoms with van der Waals surface area (Å²) < 4.78 is 52.0. The van der Waals surface area contributed by atoms with Crippen LogP contribution in [0, 0.1) is 5.82 Å². The Morgan fingerprint density at radius 3 is 2.30 bits per heavy atom. The Bertz CT molecular complexity index is 686. The third kappa shape index (κ3) is 3.87. The van der Waals surface area contributed by atoms with E-state index in [1.54, 1.807) is 30.3 Å². The van der Waals surface area contributed by atoms with Gasteiger partial charge in [-0.1, -0.05) is 36.4 Å². The Kier molecular flexibility index (Phi) is 5.00. The molecule has 0 saturated carbocycles. The standard InChI is InChI=1S/C16H13F4NO2/c17-14-11(7-4-8-12(14)16(18,19)20)15(23)21-13(9-22)10-5-2-1-3-6-10/h1-8,13,22H,9H2,(H,21,23). The number of halogens is 4. The van der Waals surface area contributed by atoms with Gasteiger partial charge in [0.15, 0.2) is 0 Å². The molecule has 0 radical (unpaired) electrons. The topological polar surface area (TPSA) is 49.3 Å². The fraction of sp³-hybridized carbons (Fsp3) is 0.188. The molecule has 1 atom stereocenters.